The van der Waals surface area contributed by atoms with E-state index in [1.165, 1.54) is 25.3 Å². The molecule has 0 aromatic heterocycles. The van der Waals surface area contributed by atoms with Gasteiger partial charge in [-0.3, -0.25) is 4.79 Å². The third-order valence-electron chi connectivity index (χ3n) is 4.58. The number of nitrogens with one attached hydrogen (secondary N) is 1. The molecule has 2 aromatic rings. The molecule has 2 aromatic carbocycles. The van der Waals surface area contributed by atoms with Crippen molar-refractivity contribution in [1.29, 1.82) is 0 Å². The number of phenolic OH excluding ortho intramolecular Hbond substituents is 1. The Balaban J connectivity index is 0.000000501. The highest BCUT2D eigenvalue weighted by atomic mass is 16.3. The van der Waals surface area contributed by atoms with E-state index >= 15 is 0 Å². The lowest BCUT2D eigenvalue weighted by Gasteiger charge is -2.06. The summed E-state index contributed by atoms with van der Waals surface area (Å²) in [6.07, 6.45) is 5.10. The molecule has 176 valence electrons. The highest BCUT2D eigenvalue weighted by Gasteiger charge is 2.09. The van der Waals surface area contributed by atoms with Gasteiger partial charge in [0, 0.05) is 18.7 Å². The fourth-order valence-corrected chi connectivity index (χ4v) is 2.78. The minimum absolute atomic E-state index is 0.0603. The second-order valence-electron chi connectivity index (χ2n) is 7.00. The first-order chi connectivity index (χ1) is 15.3. The molecule has 0 heterocycles. The molecule has 1 aliphatic rings. The van der Waals surface area contributed by atoms with E-state index < -0.39 is 11.9 Å². The van der Waals surface area contributed by atoms with Crippen LogP contribution in [-0.4, -0.2) is 49.1 Å². The fourth-order valence-electron chi connectivity index (χ4n) is 2.78. The summed E-state index contributed by atoms with van der Waals surface area (Å²) < 4.78 is 0. The number of hydrogen-bond acceptors (Lipinski definition) is 7. The van der Waals surface area contributed by atoms with Gasteiger partial charge in [0.15, 0.2) is 0 Å². The zero-order chi connectivity index (χ0) is 24.5. The number of fused-ring (bicyclic) bond motifs is 1. The first kappa shape index (κ1) is 28.8. The van der Waals surface area contributed by atoms with Crippen molar-refractivity contribution in [2.75, 3.05) is 20.1 Å². The maximum Gasteiger partial charge on any atom is 0.238 e. The number of likely N-dealkylation sites (N-methyl/N-ethyl adjacent to an activating group) is 1. The highest BCUT2D eigenvalue weighted by molar-refractivity contribution is 5.83. The van der Waals surface area contributed by atoms with Gasteiger partial charge in [0.25, 0.3) is 0 Å². The summed E-state index contributed by atoms with van der Waals surface area (Å²) in [6.45, 7) is 5.38. The SMILES string of the molecule is C=O.CNCCN.Cc1ccc(/C(O)=C/C(N)C(N)=O)cc1O.c1ccc2c(c1)CCC2. The number of nitrogens with two attached hydrogens (primary N) is 3. The van der Waals surface area contributed by atoms with Gasteiger partial charge in [0.1, 0.15) is 24.3 Å². The Bertz CT molecular complexity index is 831. The van der Waals surface area contributed by atoms with Crippen molar-refractivity contribution in [2.45, 2.75) is 32.2 Å². The summed E-state index contributed by atoms with van der Waals surface area (Å²) in [5.41, 5.74) is 19.6. The van der Waals surface area contributed by atoms with Gasteiger partial charge < -0.3 is 37.5 Å². The van der Waals surface area contributed by atoms with Crippen LogP contribution in [0.25, 0.3) is 5.76 Å². The summed E-state index contributed by atoms with van der Waals surface area (Å²) in [6, 6.07) is 12.3. The number of carbonyl (C=O) groups is 2. The number of amides is 1. The largest absolute Gasteiger partial charge is 0.508 e. The van der Waals surface area contributed by atoms with Gasteiger partial charge in [-0.15, -0.1) is 0 Å². The molecule has 0 saturated carbocycles. The van der Waals surface area contributed by atoms with Crippen LogP contribution in [0.15, 0.2) is 48.5 Å². The molecule has 0 aliphatic heterocycles. The summed E-state index contributed by atoms with van der Waals surface area (Å²) in [7, 11) is 1.88. The zero-order valence-corrected chi connectivity index (χ0v) is 18.9. The second-order valence-corrected chi connectivity index (χ2v) is 7.00. The van der Waals surface area contributed by atoms with Crippen LogP contribution in [0.5, 0.6) is 5.75 Å². The average Bonchev–Trinajstić information content (AvgIpc) is 3.27. The first-order valence-electron chi connectivity index (χ1n) is 10.3. The molecule has 0 bridgehead atoms. The lowest BCUT2D eigenvalue weighted by molar-refractivity contribution is -0.118. The van der Waals surface area contributed by atoms with Gasteiger partial charge in [-0.1, -0.05) is 36.4 Å². The van der Waals surface area contributed by atoms with E-state index in [2.05, 4.69) is 29.6 Å². The minimum Gasteiger partial charge on any atom is -0.508 e. The second kappa shape index (κ2) is 16.5. The zero-order valence-electron chi connectivity index (χ0n) is 18.9. The number of rotatable bonds is 5. The first-order valence-corrected chi connectivity index (χ1v) is 10.3. The van der Waals surface area contributed by atoms with Crippen LogP contribution in [0.2, 0.25) is 0 Å². The Morgan fingerprint density at radius 3 is 2.16 bits per heavy atom. The average molecular weight is 445 g/mol. The third kappa shape index (κ3) is 10.7. The molecule has 1 amide bonds. The quantitative estimate of drug-likeness (QED) is 0.381. The Kier molecular flexibility index (Phi) is 14.8. The topological polar surface area (TPSA) is 165 Å². The monoisotopic (exact) mass is 444 g/mol. The van der Waals surface area contributed by atoms with Crippen molar-refractivity contribution in [2.24, 2.45) is 17.2 Å². The normalized spacial score (nSPS) is 12.6. The molecule has 9 N–H and O–H groups in total. The smallest absolute Gasteiger partial charge is 0.238 e. The molecule has 8 heteroatoms. The summed E-state index contributed by atoms with van der Waals surface area (Å²) in [4.78, 5) is 18.7. The van der Waals surface area contributed by atoms with Gasteiger partial charge in [-0.25, -0.2) is 0 Å². The maximum atomic E-state index is 10.7. The third-order valence-corrected chi connectivity index (χ3v) is 4.58. The molecule has 1 unspecified atom stereocenters. The number of benzene rings is 2. The molecule has 0 spiro atoms. The number of carbonyl (C=O) groups excluding carboxylic acids is 2. The number of phenols is 1. The van der Waals surface area contributed by atoms with E-state index in [4.69, 9.17) is 22.0 Å². The van der Waals surface area contributed by atoms with E-state index in [9.17, 15) is 15.0 Å². The Labute approximate surface area is 190 Å². The van der Waals surface area contributed by atoms with E-state index in [1.807, 2.05) is 13.8 Å². The van der Waals surface area contributed by atoms with E-state index in [0.717, 1.165) is 19.2 Å². The van der Waals surface area contributed by atoms with Crippen LogP contribution in [0, 0.1) is 6.92 Å². The number of aliphatic hydroxyl groups excluding tert-OH is 1. The molecule has 0 radical (unpaired) electrons. The van der Waals surface area contributed by atoms with Crippen molar-refractivity contribution in [1.82, 2.24) is 5.32 Å². The van der Waals surface area contributed by atoms with Gasteiger partial charge in [-0.2, -0.15) is 0 Å². The number of aryl methyl sites for hydroxylation is 3. The molecule has 1 aliphatic carbocycles. The Hall–Kier alpha value is -3.20. The van der Waals surface area contributed by atoms with E-state index in [1.54, 1.807) is 30.2 Å². The number of primary amides is 1. The highest BCUT2D eigenvalue weighted by Crippen LogP contribution is 2.22. The number of aromatic hydroxyl groups is 1. The minimum atomic E-state index is -1.05. The van der Waals surface area contributed by atoms with Crippen LogP contribution in [0.3, 0.4) is 0 Å². The van der Waals surface area contributed by atoms with Gasteiger partial charge >= 0.3 is 0 Å². The van der Waals surface area contributed by atoms with Crippen LogP contribution in [0.1, 0.15) is 28.7 Å². The molecule has 0 saturated heterocycles. The van der Waals surface area contributed by atoms with Crippen LogP contribution in [-0.2, 0) is 22.4 Å². The molecule has 8 nitrogen and oxygen atoms in total. The summed E-state index contributed by atoms with van der Waals surface area (Å²) in [5, 5.41) is 21.9. The van der Waals surface area contributed by atoms with E-state index in [0.29, 0.717) is 11.1 Å². The van der Waals surface area contributed by atoms with E-state index in [-0.39, 0.29) is 11.5 Å². The molecular weight excluding hydrogens is 408 g/mol. The van der Waals surface area contributed by atoms with Crippen LogP contribution >= 0.6 is 0 Å². The molecular formula is C24H36N4O4. The van der Waals surface area contributed by atoms with Crippen molar-refractivity contribution in [3.8, 4) is 5.75 Å². The fraction of sp³-hybridized carbons (Fsp3) is 0.333. The Morgan fingerprint density at radius 2 is 1.75 bits per heavy atom. The lowest BCUT2D eigenvalue weighted by atomic mass is 10.1. The standard InChI is InChI=1S/C11H14N2O3.C9H10.C3H10N2.CH2O/c1-6-2-3-7(4-9(6)14)10(15)5-8(12)11(13)16;1-2-5-9-7-3-6-8(9)4-1;1-5-3-2-4;1-2/h2-5,8,14-15H,12H2,1H3,(H2,13,16);1-2,4-5H,3,6-7H2;5H,2-4H2,1H3;1H2/b10-5-;;;. The van der Waals surface area contributed by atoms with Gasteiger partial charge in [0.05, 0.1) is 0 Å². The molecule has 3 rings (SSSR count). The van der Waals surface area contributed by atoms with Crippen LogP contribution < -0.4 is 22.5 Å². The molecule has 32 heavy (non-hydrogen) atoms. The van der Waals surface area contributed by atoms with Crippen molar-refractivity contribution >= 4 is 18.5 Å². The summed E-state index contributed by atoms with van der Waals surface area (Å²) >= 11 is 0. The lowest BCUT2D eigenvalue weighted by Crippen LogP contribution is -2.34. The van der Waals surface area contributed by atoms with Gasteiger partial charge in [0.2, 0.25) is 5.91 Å². The van der Waals surface area contributed by atoms with Crippen molar-refractivity contribution in [3.05, 3.63) is 70.8 Å². The Morgan fingerprint density at radius 1 is 1.19 bits per heavy atom. The van der Waals surface area contributed by atoms with Crippen molar-refractivity contribution < 1.29 is 19.8 Å². The molecule has 1 atom stereocenters. The summed E-state index contributed by atoms with van der Waals surface area (Å²) in [5.74, 6) is -0.866. The van der Waals surface area contributed by atoms with Crippen molar-refractivity contribution in [3.63, 3.8) is 0 Å². The number of aliphatic hydroxyl groups is 1. The predicted octanol–water partition coefficient (Wildman–Crippen LogP) is 1.57. The van der Waals surface area contributed by atoms with Gasteiger partial charge in [-0.05, 0) is 62.1 Å². The number of hydrogen-bond donors (Lipinski definition) is 6. The molecule has 0 fully saturated rings. The van der Waals surface area contributed by atoms with Crippen LogP contribution in [0.4, 0.5) is 0 Å². The predicted molar refractivity (Wildman–Crippen MR) is 129 cm³/mol. The maximum absolute atomic E-state index is 10.7.